The van der Waals surface area contributed by atoms with E-state index >= 15 is 0 Å². The number of nitrogens with two attached hydrogens (primary N) is 1. The number of unbranched alkanes of at least 4 members (excludes halogenated alkanes) is 1. The fourth-order valence-corrected chi connectivity index (χ4v) is 1.56. The molecule has 0 saturated carbocycles. The summed E-state index contributed by atoms with van der Waals surface area (Å²) in [5.41, 5.74) is 5.34. The molecule has 0 aliphatic carbocycles. The highest BCUT2D eigenvalue weighted by Gasteiger charge is 2.26. The third-order valence-electron chi connectivity index (χ3n) is 2.61. The Hall–Kier alpha value is -2.26. The van der Waals surface area contributed by atoms with Gasteiger partial charge in [0.15, 0.2) is 17.7 Å². The lowest BCUT2D eigenvalue weighted by atomic mass is 10.2. The van der Waals surface area contributed by atoms with Gasteiger partial charge in [0.25, 0.3) is 0 Å². The molecule has 124 valence electrons. The zero-order chi connectivity index (χ0) is 16.6. The minimum Gasteiger partial charge on any atom is -0.484 e. The summed E-state index contributed by atoms with van der Waals surface area (Å²) in [4.78, 5) is 3.18. The average Bonchev–Trinajstić information content (AvgIpc) is 2.88. The Morgan fingerprint density at radius 1 is 1.50 bits per heavy atom. The first kappa shape index (κ1) is 17.8. The van der Waals surface area contributed by atoms with Crippen molar-refractivity contribution in [3.63, 3.8) is 0 Å². The van der Waals surface area contributed by atoms with Gasteiger partial charge in [0.1, 0.15) is 6.54 Å². The number of nitrogens with one attached hydrogen (secondary N) is 2. The maximum absolute atomic E-state index is 12.0. The summed E-state index contributed by atoms with van der Waals surface area (Å²) in [6, 6.07) is 1.59. The van der Waals surface area contributed by atoms with E-state index in [2.05, 4.69) is 15.4 Å². The lowest BCUT2D eigenvalue weighted by Crippen LogP contribution is -2.25. The summed E-state index contributed by atoms with van der Waals surface area (Å²) in [5, 5.41) is 13.9. The molecule has 0 atom stereocenters. The Kier molecular flexibility index (Phi) is 6.67. The molecule has 4 N–H and O–H groups in total. The van der Waals surface area contributed by atoms with Gasteiger partial charge in [0.05, 0.1) is 7.11 Å². The molecule has 1 aromatic heterocycles. The van der Waals surface area contributed by atoms with E-state index in [0.717, 1.165) is 12.8 Å². The van der Waals surface area contributed by atoms with Crippen molar-refractivity contribution >= 4 is 17.7 Å². The summed E-state index contributed by atoms with van der Waals surface area (Å²) in [7, 11) is 1.46. The van der Waals surface area contributed by atoms with Crippen LogP contribution in [0.3, 0.4) is 0 Å². The van der Waals surface area contributed by atoms with Crippen LogP contribution in [0.15, 0.2) is 17.3 Å². The highest BCUT2D eigenvalue weighted by molar-refractivity contribution is 5.91. The maximum Gasteiger partial charge on any atom is 0.408 e. The molecule has 1 rings (SSSR count). The number of rotatable bonds is 7. The van der Waals surface area contributed by atoms with Crippen LogP contribution >= 0.6 is 0 Å². The molecule has 1 heterocycles. The van der Waals surface area contributed by atoms with Crippen LogP contribution in [0.4, 0.5) is 19.0 Å². The van der Waals surface area contributed by atoms with E-state index in [0.29, 0.717) is 18.8 Å². The summed E-state index contributed by atoms with van der Waals surface area (Å²) < 4.78 is 42.3. The number of hydrogen-bond donors (Lipinski definition) is 3. The van der Waals surface area contributed by atoms with Crippen molar-refractivity contribution in [3.05, 3.63) is 12.3 Å². The molecule has 0 saturated heterocycles. The lowest BCUT2D eigenvalue weighted by molar-refractivity contribution is -0.118. The quantitative estimate of drug-likeness (QED) is 0.406. The number of methoxy groups -OCH3 is 1. The average molecular weight is 320 g/mol. The zero-order valence-electron chi connectivity index (χ0n) is 12.2. The summed E-state index contributed by atoms with van der Waals surface area (Å²) >= 11 is 0. The highest BCUT2D eigenvalue weighted by atomic mass is 19.4. The smallest absolute Gasteiger partial charge is 0.408 e. The first-order valence-corrected chi connectivity index (χ1v) is 6.58. The second-order valence-electron chi connectivity index (χ2n) is 4.49. The first-order valence-electron chi connectivity index (χ1n) is 6.58. The third-order valence-corrected chi connectivity index (χ3v) is 2.61. The van der Waals surface area contributed by atoms with Gasteiger partial charge in [-0.25, -0.2) is 4.99 Å². The van der Waals surface area contributed by atoms with Crippen molar-refractivity contribution in [2.75, 3.05) is 19.0 Å². The fraction of sp³-hybridized carbons (Fsp3) is 0.583. The molecule has 10 heteroatoms. The van der Waals surface area contributed by atoms with Crippen LogP contribution in [-0.2, 0) is 11.3 Å². The van der Waals surface area contributed by atoms with Gasteiger partial charge in [0.2, 0.25) is 0 Å². The minimum absolute atomic E-state index is 0.233. The van der Waals surface area contributed by atoms with Crippen molar-refractivity contribution in [2.24, 2.45) is 10.7 Å². The molecule has 0 spiro atoms. The number of nitrogens with zero attached hydrogens (tertiary/aromatic N) is 3. The van der Waals surface area contributed by atoms with Crippen molar-refractivity contribution in [1.82, 2.24) is 9.78 Å². The molecule has 0 unspecified atom stereocenters. The standard InChI is InChI=1S/C12H19F3N6O/c1-22-9(16)4-2-3-6-21-7-5-10(20-21)19-11(17)18-8-12(13,14)15/h5,7,16H,2-4,6,8H2,1H3,(H3,17,18,19,20). The summed E-state index contributed by atoms with van der Waals surface area (Å²) in [6.07, 6.45) is -0.572. The number of aliphatic imine (C=N–C) groups is 1. The number of aromatic nitrogens is 2. The Bertz CT molecular complexity index is 511. The molecule has 0 bridgehead atoms. The maximum atomic E-state index is 12.0. The van der Waals surface area contributed by atoms with Crippen LogP contribution in [0.25, 0.3) is 0 Å². The second kappa shape index (κ2) is 8.25. The van der Waals surface area contributed by atoms with Crippen molar-refractivity contribution in [2.45, 2.75) is 32.0 Å². The Morgan fingerprint density at radius 3 is 2.86 bits per heavy atom. The first-order chi connectivity index (χ1) is 10.3. The SMILES string of the molecule is COC(=N)CCCCn1ccc(N/C(N)=N\CC(F)(F)F)n1. The van der Waals surface area contributed by atoms with Gasteiger partial charge < -0.3 is 15.8 Å². The normalized spacial score (nSPS) is 12.3. The molecule has 7 nitrogen and oxygen atoms in total. The topological polar surface area (TPSA) is 101 Å². The van der Waals surface area contributed by atoms with E-state index in [1.807, 2.05) is 0 Å². The van der Waals surface area contributed by atoms with E-state index in [1.165, 1.54) is 7.11 Å². The van der Waals surface area contributed by atoms with Crippen LogP contribution in [-0.4, -0.2) is 41.5 Å². The summed E-state index contributed by atoms with van der Waals surface area (Å²) in [5.74, 6) is 0.223. The van der Waals surface area contributed by atoms with Crippen molar-refractivity contribution < 1.29 is 17.9 Å². The van der Waals surface area contributed by atoms with Crippen molar-refractivity contribution in [3.8, 4) is 0 Å². The number of ether oxygens (including phenoxy) is 1. The zero-order valence-corrected chi connectivity index (χ0v) is 12.2. The molecule has 0 aromatic carbocycles. The monoisotopic (exact) mass is 320 g/mol. The molecule has 0 amide bonds. The van der Waals surface area contributed by atoms with Crippen LogP contribution in [0, 0.1) is 5.41 Å². The van der Waals surface area contributed by atoms with Gasteiger partial charge >= 0.3 is 6.18 Å². The van der Waals surface area contributed by atoms with E-state index < -0.39 is 12.7 Å². The van der Waals surface area contributed by atoms with Gasteiger partial charge in [-0.05, 0) is 12.8 Å². The number of aryl methyl sites for hydroxylation is 1. The number of anilines is 1. The Labute approximate surface area is 125 Å². The second-order valence-corrected chi connectivity index (χ2v) is 4.49. The number of guanidine groups is 1. The highest BCUT2D eigenvalue weighted by Crippen LogP contribution is 2.14. The number of alkyl halides is 3. The lowest BCUT2D eigenvalue weighted by Gasteiger charge is -2.05. The van der Waals surface area contributed by atoms with E-state index in [-0.39, 0.29) is 11.9 Å². The van der Waals surface area contributed by atoms with Gasteiger partial charge in [-0.15, -0.1) is 0 Å². The molecule has 1 aromatic rings. The van der Waals surface area contributed by atoms with E-state index in [1.54, 1.807) is 16.9 Å². The van der Waals surface area contributed by atoms with Gasteiger partial charge in [-0.2, -0.15) is 18.3 Å². The largest absolute Gasteiger partial charge is 0.484 e. The summed E-state index contributed by atoms with van der Waals surface area (Å²) in [6.45, 7) is -0.712. The molecule has 0 aliphatic rings. The van der Waals surface area contributed by atoms with Crippen molar-refractivity contribution in [1.29, 1.82) is 5.41 Å². The predicted molar refractivity (Wildman–Crippen MR) is 77.0 cm³/mol. The third kappa shape index (κ3) is 7.50. The molecule has 22 heavy (non-hydrogen) atoms. The van der Waals surface area contributed by atoms with Gasteiger partial charge in [-0.1, -0.05) is 0 Å². The molecular weight excluding hydrogens is 301 g/mol. The van der Waals surface area contributed by atoms with Crippen LogP contribution in [0.2, 0.25) is 0 Å². The molecule has 0 aliphatic heterocycles. The van der Waals surface area contributed by atoms with E-state index in [4.69, 9.17) is 15.9 Å². The molecule has 0 radical (unpaired) electrons. The van der Waals surface area contributed by atoms with Crippen LogP contribution in [0.5, 0.6) is 0 Å². The number of hydrogen-bond acceptors (Lipinski definition) is 4. The van der Waals surface area contributed by atoms with Gasteiger partial charge in [0, 0.05) is 25.2 Å². The molecule has 0 fully saturated rings. The van der Waals surface area contributed by atoms with Crippen LogP contribution < -0.4 is 11.1 Å². The predicted octanol–water partition coefficient (Wildman–Crippen LogP) is 1.97. The minimum atomic E-state index is -4.39. The van der Waals surface area contributed by atoms with E-state index in [9.17, 15) is 13.2 Å². The Morgan fingerprint density at radius 2 is 2.23 bits per heavy atom. The van der Waals surface area contributed by atoms with Gasteiger partial charge in [-0.3, -0.25) is 10.1 Å². The van der Waals surface area contributed by atoms with Crippen LogP contribution in [0.1, 0.15) is 19.3 Å². The molecular formula is C12H19F3N6O. The number of halogens is 3. The fourth-order valence-electron chi connectivity index (χ4n) is 1.56. The Balaban J connectivity index is 2.36.